The maximum atomic E-state index is 13.8. The van der Waals surface area contributed by atoms with Crippen molar-refractivity contribution in [3.05, 3.63) is 70.2 Å². The van der Waals surface area contributed by atoms with Gasteiger partial charge in [-0.3, -0.25) is 18.7 Å². The van der Waals surface area contributed by atoms with Gasteiger partial charge in [0.1, 0.15) is 11.4 Å². The Bertz CT molecular complexity index is 1330. The lowest BCUT2D eigenvalue weighted by Gasteiger charge is -2.24. The van der Waals surface area contributed by atoms with Gasteiger partial charge in [0.05, 0.1) is 12.5 Å². The van der Waals surface area contributed by atoms with Crippen LogP contribution in [-0.2, 0) is 23.4 Å². The van der Waals surface area contributed by atoms with E-state index < -0.39 is 37.1 Å². The van der Waals surface area contributed by atoms with Crippen LogP contribution in [0.5, 0.6) is 5.75 Å². The van der Waals surface area contributed by atoms with Crippen molar-refractivity contribution in [2.45, 2.75) is 26.4 Å². The van der Waals surface area contributed by atoms with E-state index in [2.05, 4.69) is 5.32 Å². The normalized spacial score (nSPS) is 14.4. The molecule has 3 aromatic rings. The van der Waals surface area contributed by atoms with Crippen molar-refractivity contribution in [2.24, 2.45) is 5.41 Å². The quantitative estimate of drug-likeness (QED) is 0.178. The van der Waals surface area contributed by atoms with Gasteiger partial charge in [-0.05, 0) is 79.1 Å². The van der Waals surface area contributed by atoms with Gasteiger partial charge in [-0.2, -0.15) is 0 Å². The van der Waals surface area contributed by atoms with Crippen LogP contribution in [0.3, 0.4) is 0 Å². The van der Waals surface area contributed by atoms with E-state index in [4.69, 9.17) is 25.6 Å². The number of carbonyl (C=O) groups is 2. The van der Waals surface area contributed by atoms with Crippen LogP contribution in [-0.4, -0.2) is 32.4 Å². The maximum Gasteiger partial charge on any atom is 0.313 e. The van der Waals surface area contributed by atoms with Crippen molar-refractivity contribution in [3.63, 3.8) is 0 Å². The molecule has 2 atom stereocenters. The molecule has 36 heavy (non-hydrogen) atoms. The number of amides is 1. The van der Waals surface area contributed by atoms with Crippen LogP contribution in [0, 0.1) is 5.41 Å². The molecule has 0 bridgehead atoms. The van der Waals surface area contributed by atoms with E-state index in [0.717, 1.165) is 10.3 Å². The molecule has 1 heterocycles. The van der Waals surface area contributed by atoms with Crippen molar-refractivity contribution in [3.8, 4) is 5.75 Å². The molecule has 192 valence electrons. The summed E-state index contributed by atoms with van der Waals surface area (Å²) in [6.45, 7) is 5.94. The van der Waals surface area contributed by atoms with Crippen LogP contribution in [0.1, 0.15) is 37.6 Å². The predicted octanol–water partition coefficient (Wildman–Crippen LogP) is 6.86. The zero-order valence-corrected chi connectivity index (χ0v) is 23.2. The second-order valence-electron chi connectivity index (χ2n) is 9.19. The molecule has 0 aliphatic heterocycles. The summed E-state index contributed by atoms with van der Waals surface area (Å²) in [6.07, 6.45) is 3.18. The number of carbonyl (C=O) groups excluding carboxylic acids is 2. The molecule has 0 radical (unpaired) electrons. The molecular weight excluding hydrogens is 521 g/mol. The molecule has 0 aliphatic rings. The smallest absolute Gasteiger partial charge is 0.313 e. The summed E-state index contributed by atoms with van der Waals surface area (Å²) < 4.78 is 30.6. The van der Waals surface area contributed by atoms with Gasteiger partial charge in [-0.15, -0.1) is 11.3 Å². The molecule has 0 saturated heterocycles. The fraction of sp³-hybridized carbons (Fsp3) is 0.308. The number of ether oxygens (including phenoxy) is 2. The summed E-state index contributed by atoms with van der Waals surface area (Å²) in [6, 6.07) is 12.6. The summed E-state index contributed by atoms with van der Waals surface area (Å²) in [5, 5.41) is 5.69. The molecule has 0 spiro atoms. The Hall–Kier alpha value is -2.64. The average Bonchev–Trinajstić information content (AvgIpc) is 3.20. The summed E-state index contributed by atoms with van der Waals surface area (Å²) in [4.78, 5) is 25.5. The SMILES string of the molecule is COc1cccc(/C=C/NC(=O)C(c2csc3ccc(Cl)cc23)P(C)(=O)OCOC(=O)C(C)(C)C)c1. The molecule has 1 N–H and O–H groups in total. The van der Waals surface area contributed by atoms with Gasteiger partial charge in [0.15, 0.2) is 6.79 Å². The third kappa shape index (κ3) is 6.98. The molecule has 1 amide bonds. The summed E-state index contributed by atoms with van der Waals surface area (Å²) in [7, 11) is -2.11. The Balaban J connectivity index is 1.88. The van der Waals surface area contributed by atoms with Gasteiger partial charge in [0.2, 0.25) is 13.3 Å². The monoisotopic (exact) mass is 549 g/mol. The fourth-order valence-corrected chi connectivity index (χ4v) is 6.23. The largest absolute Gasteiger partial charge is 0.497 e. The highest BCUT2D eigenvalue weighted by Crippen LogP contribution is 2.59. The lowest BCUT2D eigenvalue weighted by Crippen LogP contribution is -2.27. The first-order valence-corrected chi connectivity index (χ1v) is 14.5. The maximum absolute atomic E-state index is 13.8. The zero-order chi connectivity index (χ0) is 26.5. The second kappa shape index (κ2) is 11.6. The van der Waals surface area contributed by atoms with E-state index in [1.54, 1.807) is 51.5 Å². The standard InChI is InChI=1S/C26H29ClNO6PS/c1-26(2,3)25(30)33-16-34-35(5,31)23(21-15-36-22-10-9-18(27)14-20(21)22)24(29)28-12-11-17-7-6-8-19(13-17)32-4/h6-15,23H,16H2,1-5H3,(H,28,29)/b12-11+. The fourth-order valence-electron chi connectivity index (χ4n) is 3.36. The Morgan fingerprint density at radius 1 is 1.19 bits per heavy atom. The number of hydrogen-bond donors (Lipinski definition) is 1. The number of thiophene rings is 1. The number of rotatable bonds is 9. The van der Waals surface area contributed by atoms with Gasteiger partial charge in [-0.25, -0.2) is 0 Å². The van der Waals surface area contributed by atoms with Crippen LogP contribution in [0.2, 0.25) is 5.02 Å². The first kappa shape index (κ1) is 27.9. The second-order valence-corrected chi connectivity index (χ2v) is 13.1. The van der Waals surface area contributed by atoms with Gasteiger partial charge in [0.25, 0.3) is 0 Å². The Labute approximate surface area is 219 Å². The van der Waals surface area contributed by atoms with Crippen molar-refractivity contribution in [1.82, 2.24) is 5.32 Å². The number of benzene rings is 2. The molecule has 1 aromatic heterocycles. The van der Waals surface area contributed by atoms with E-state index in [9.17, 15) is 14.2 Å². The highest BCUT2D eigenvalue weighted by Gasteiger charge is 2.39. The Morgan fingerprint density at radius 3 is 2.64 bits per heavy atom. The molecule has 7 nitrogen and oxygen atoms in total. The van der Waals surface area contributed by atoms with Crippen LogP contribution < -0.4 is 10.1 Å². The van der Waals surface area contributed by atoms with Crippen LogP contribution >= 0.6 is 30.3 Å². The minimum Gasteiger partial charge on any atom is -0.497 e. The number of nitrogens with one attached hydrogen (secondary N) is 1. The molecule has 3 rings (SSSR count). The van der Waals surface area contributed by atoms with E-state index >= 15 is 0 Å². The lowest BCUT2D eigenvalue weighted by molar-refractivity contribution is -0.159. The van der Waals surface area contributed by atoms with E-state index in [1.807, 2.05) is 30.3 Å². The summed E-state index contributed by atoms with van der Waals surface area (Å²) in [5.74, 6) is -0.349. The van der Waals surface area contributed by atoms with Crippen molar-refractivity contribution >= 4 is 58.3 Å². The third-order valence-electron chi connectivity index (χ3n) is 5.28. The van der Waals surface area contributed by atoms with Crippen LogP contribution in [0.15, 0.2) is 54.0 Å². The highest BCUT2D eigenvalue weighted by atomic mass is 35.5. The molecule has 2 unspecified atom stereocenters. The number of methoxy groups -OCH3 is 1. The number of esters is 1. The molecule has 10 heteroatoms. The first-order chi connectivity index (χ1) is 16.9. The van der Waals surface area contributed by atoms with Gasteiger partial charge >= 0.3 is 5.97 Å². The van der Waals surface area contributed by atoms with Crippen LogP contribution in [0.25, 0.3) is 16.2 Å². The Kier molecular flexibility index (Phi) is 9.01. The van der Waals surface area contributed by atoms with Crippen molar-refractivity contribution in [1.29, 1.82) is 0 Å². The number of hydrogen-bond acceptors (Lipinski definition) is 7. The van der Waals surface area contributed by atoms with Gasteiger partial charge in [-0.1, -0.05) is 23.7 Å². The molecular formula is C26H29ClNO6PS. The molecule has 0 aliphatic carbocycles. The molecule has 2 aromatic carbocycles. The number of fused-ring (bicyclic) bond motifs is 1. The van der Waals surface area contributed by atoms with Gasteiger partial charge < -0.3 is 14.8 Å². The third-order valence-corrected chi connectivity index (χ3v) is 8.57. The molecule has 0 fully saturated rings. The van der Waals surface area contributed by atoms with Crippen LogP contribution in [0.4, 0.5) is 0 Å². The summed E-state index contributed by atoms with van der Waals surface area (Å²) >= 11 is 7.62. The minimum atomic E-state index is -3.68. The number of halogens is 1. The lowest BCUT2D eigenvalue weighted by atomic mass is 9.98. The minimum absolute atomic E-state index is 0.491. The van der Waals surface area contributed by atoms with E-state index in [0.29, 0.717) is 21.7 Å². The Morgan fingerprint density at radius 2 is 1.94 bits per heavy atom. The van der Waals surface area contributed by atoms with Crippen molar-refractivity contribution in [2.75, 3.05) is 20.6 Å². The molecule has 0 saturated carbocycles. The highest BCUT2D eigenvalue weighted by molar-refractivity contribution is 7.59. The van der Waals surface area contributed by atoms with E-state index in [1.165, 1.54) is 24.2 Å². The first-order valence-electron chi connectivity index (χ1n) is 11.1. The summed E-state index contributed by atoms with van der Waals surface area (Å²) in [5.41, 5.74) is -0.571. The van der Waals surface area contributed by atoms with Crippen molar-refractivity contribution < 1.29 is 28.2 Å². The predicted molar refractivity (Wildman–Crippen MR) is 145 cm³/mol. The van der Waals surface area contributed by atoms with Gasteiger partial charge in [0, 0.05) is 22.6 Å². The van der Waals surface area contributed by atoms with E-state index in [-0.39, 0.29) is 0 Å². The zero-order valence-electron chi connectivity index (χ0n) is 20.7. The topological polar surface area (TPSA) is 90.9 Å². The average molecular weight is 550 g/mol.